The van der Waals surface area contributed by atoms with Crippen molar-refractivity contribution >= 4 is 5.69 Å². The van der Waals surface area contributed by atoms with Crippen LogP contribution in [0.3, 0.4) is 0 Å². The Balaban J connectivity index is 2.02. The van der Waals surface area contributed by atoms with Crippen LogP contribution < -0.4 is 5.32 Å². The highest BCUT2D eigenvalue weighted by atomic mass is 15.1. The van der Waals surface area contributed by atoms with Crippen LogP contribution in [0.1, 0.15) is 24.0 Å². The summed E-state index contributed by atoms with van der Waals surface area (Å²) in [5.41, 5.74) is 3.99. The fourth-order valence-corrected chi connectivity index (χ4v) is 2.48. The van der Waals surface area contributed by atoms with E-state index in [0.717, 1.165) is 6.54 Å². The van der Waals surface area contributed by atoms with E-state index >= 15 is 0 Å². The Morgan fingerprint density at radius 1 is 1.31 bits per heavy atom. The molecule has 88 valence electrons. The smallest absolute Gasteiger partial charge is 0.0388 e. The summed E-state index contributed by atoms with van der Waals surface area (Å²) in [5.74, 6) is 0. The number of nitrogens with zero attached hydrogens (tertiary/aromatic N) is 1. The Hall–Kier alpha value is -1.02. The molecule has 1 aromatic rings. The van der Waals surface area contributed by atoms with Crippen LogP contribution in [0.25, 0.3) is 0 Å². The maximum absolute atomic E-state index is 3.67. The highest BCUT2D eigenvalue weighted by Crippen LogP contribution is 2.20. The minimum atomic E-state index is 0.611. The van der Waals surface area contributed by atoms with Crippen LogP contribution in [0.4, 0.5) is 5.69 Å². The number of hydrogen-bond acceptors (Lipinski definition) is 2. The van der Waals surface area contributed by atoms with Crippen LogP contribution in [0.5, 0.6) is 0 Å². The number of likely N-dealkylation sites (tertiary alicyclic amines) is 1. The minimum absolute atomic E-state index is 0.611. The molecule has 1 aromatic carbocycles. The lowest BCUT2D eigenvalue weighted by atomic mass is 10.0. The zero-order chi connectivity index (χ0) is 11.5. The van der Waals surface area contributed by atoms with E-state index < -0.39 is 0 Å². The van der Waals surface area contributed by atoms with Gasteiger partial charge in [-0.2, -0.15) is 0 Å². The van der Waals surface area contributed by atoms with Gasteiger partial charge in [0, 0.05) is 18.3 Å². The van der Waals surface area contributed by atoms with Crippen molar-refractivity contribution in [3.8, 4) is 0 Å². The molecule has 0 aliphatic carbocycles. The van der Waals surface area contributed by atoms with Crippen LogP contribution >= 0.6 is 0 Å². The second kappa shape index (κ2) is 4.88. The number of rotatable bonds is 2. The first kappa shape index (κ1) is 11.5. The number of hydrogen-bond donors (Lipinski definition) is 1. The molecule has 1 heterocycles. The zero-order valence-corrected chi connectivity index (χ0v) is 10.6. The van der Waals surface area contributed by atoms with Gasteiger partial charge in [0.05, 0.1) is 0 Å². The van der Waals surface area contributed by atoms with E-state index in [1.165, 1.54) is 36.2 Å². The summed E-state index contributed by atoms with van der Waals surface area (Å²) in [6.07, 6.45) is 2.59. The fourth-order valence-electron chi connectivity index (χ4n) is 2.48. The number of piperidine rings is 1. The second-order valence-electron chi connectivity index (χ2n) is 5.06. The molecule has 0 spiro atoms. The van der Waals surface area contributed by atoms with E-state index in [-0.39, 0.29) is 0 Å². The van der Waals surface area contributed by atoms with Crippen molar-refractivity contribution in [1.82, 2.24) is 4.90 Å². The van der Waals surface area contributed by atoms with Crippen LogP contribution in [0.15, 0.2) is 18.2 Å². The quantitative estimate of drug-likeness (QED) is 0.821. The number of likely N-dealkylation sites (N-methyl/N-ethyl adjacent to an activating group) is 1. The van der Waals surface area contributed by atoms with Crippen molar-refractivity contribution in [2.75, 3.05) is 25.5 Å². The van der Waals surface area contributed by atoms with Crippen molar-refractivity contribution in [3.05, 3.63) is 29.3 Å². The van der Waals surface area contributed by atoms with E-state index in [4.69, 9.17) is 0 Å². The van der Waals surface area contributed by atoms with Crippen molar-refractivity contribution in [2.24, 2.45) is 0 Å². The number of benzene rings is 1. The molecule has 0 saturated carbocycles. The molecule has 1 N–H and O–H groups in total. The third kappa shape index (κ3) is 2.76. The topological polar surface area (TPSA) is 15.3 Å². The first-order chi connectivity index (χ1) is 7.65. The lowest BCUT2D eigenvalue weighted by Crippen LogP contribution is -2.39. The largest absolute Gasteiger partial charge is 0.381 e. The average Bonchev–Trinajstić information content (AvgIpc) is 2.22. The van der Waals surface area contributed by atoms with Gasteiger partial charge in [0.25, 0.3) is 0 Å². The Labute approximate surface area is 98.7 Å². The van der Waals surface area contributed by atoms with E-state index in [1.54, 1.807) is 0 Å². The average molecular weight is 218 g/mol. The standard InChI is InChI=1S/C14H22N2/c1-11-6-7-14(12(2)9-11)15-13-5-4-8-16(3)10-13/h6-7,9,13,15H,4-5,8,10H2,1-3H3. The van der Waals surface area contributed by atoms with Gasteiger partial charge in [0.1, 0.15) is 0 Å². The Morgan fingerprint density at radius 3 is 2.81 bits per heavy atom. The van der Waals surface area contributed by atoms with Gasteiger partial charge in [0.2, 0.25) is 0 Å². The predicted octanol–water partition coefficient (Wildman–Crippen LogP) is 2.81. The normalized spacial score (nSPS) is 22.1. The van der Waals surface area contributed by atoms with Crippen molar-refractivity contribution in [2.45, 2.75) is 32.7 Å². The van der Waals surface area contributed by atoms with Gasteiger partial charge < -0.3 is 10.2 Å². The highest BCUT2D eigenvalue weighted by Gasteiger charge is 2.17. The van der Waals surface area contributed by atoms with Crippen molar-refractivity contribution in [3.63, 3.8) is 0 Å². The summed E-state index contributed by atoms with van der Waals surface area (Å²) in [5, 5.41) is 3.67. The molecular formula is C14H22N2. The molecule has 2 nitrogen and oxygen atoms in total. The Morgan fingerprint density at radius 2 is 2.12 bits per heavy atom. The summed E-state index contributed by atoms with van der Waals surface area (Å²) in [6.45, 7) is 6.73. The fraction of sp³-hybridized carbons (Fsp3) is 0.571. The summed E-state index contributed by atoms with van der Waals surface area (Å²) in [6, 6.07) is 7.25. The van der Waals surface area contributed by atoms with Crippen LogP contribution in [0.2, 0.25) is 0 Å². The van der Waals surface area contributed by atoms with Gasteiger partial charge in [-0.3, -0.25) is 0 Å². The molecule has 1 saturated heterocycles. The van der Waals surface area contributed by atoms with Gasteiger partial charge in [-0.25, -0.2) is 0 Å². The van der Waals surface area contributed by atoms with Crippen molar-refractivity contribution < 1.29 is 0 Å². The van der Waals surface area contributed by atoms with E-state index in [1.807, 2.05) is 0 Å². The van der Waals surface area contributed by atoms with Crippen LogP contribution in [-0.2, 0) is 0 Å². The maximum atomic E-state index is 3.67. The van der Waals surface area contributed by atoms with Gasteiger partial charge in [-0.15, -0.1) is 0 Å². The molecule has 16 heavy (non-hydrogen) atoms. The summed E-state index contributed by atoms with van der Waals surface area (Å²) in [4.78, 5) is 2.41. The van der Waals surface area contributed by atoms with Gasteiger partial charge in [-0.05, 0) is 51.9 Å². The molecular weight excluding hydrogens is 196 g/mol. The molecule has 0 radical (unpaired) electrons. The molecule has 2 heteroatoms. The Bertz CT molecular complexity index is 360. The van der Waals surface area contributed by atoms with Crippen molar-refractivity contribution in [1.29, 1.82) is 0 Å². The molecule has 0 bridgehead atoms. The molecule has 1 unspecified atom stereocenters. The van der Waals surface area contributed by atoms with Crippen LogP contribution in [0, 0.1) is 13.8 Å². The van der Waals surface area contributed by atoms with Crippen LogP contribution in [-0.4, -0.2) is 31.1 Å². The molecule has 1 aliphatic rings. The number of nitrogens with one attached hydrogen (secondary N) is 1. The highest BCUT2D eigenvalue weighted by molar-refractivity contribution is 5.52. The minimum Gasteiger partial charge on any atom is -0.381 e. The lowest BCUT2D eigenvalue weighted by Gasteiger charge is -2.31. The van der Waals surface area contributed by atoms with E-state index in [9.17, 15) is 0 Å². The molecule has 2 rings (SSSR count). The maximum Gasteiger partial charge on any atom is 0.0388 e. The zero-order valence-electron chi connectivity index (χ0n) is 10.6. The SMILES string of the molecule is Cc1ccc(NC2CCCN(C)C2)c(C)c1. The van der Waals surface area contributed by atoms with Gasteiger partial charge in [-0.1, -0.05) is 17.7 Å². The van der Waals surface area contributed by atoms with Gasteiger partial charge in [0.15, 0.2) is 0 Å². The number of aryl methyl sites for hydroxylation is 2. The summed E-state index contributed by atoms with van der Waals surface area (Å²) < 4.78 is 0. The lowest BCUT2D eigenvalue weighted by molar-refractivity contribution is 0.261. The number of anilines is 1. The summed E-state index contributed by atoms with van der Waals surface area (Å²) in [7, 11) is 2.20. The van der Waals surface area contributed by atoms with E-state index in [0.29, 0.717) is 6.04 Å². The molecule has 1 atom stereocenters. The third-order valence-corrected chi connectivity index (χ3v) is 3.37. The molecule has 0 aromatic heterocycles. The summed E-state index contributed by atoms with van der Waals surface area (Å²) >= 11 is 0. The molecule has 1 aliphatic heterocycles. The first-order valence-corrected chi connectivity index (χ1v) is 6.17. The monoisotopic (exact) mass is 218 g/mol. The van der Waals surface area contributed by atoms with Gasteiger partial charge >= 0.3 is 0 Å². The molecule has 1 fully saturated rings. The molecule has 0 amide bonds. The third-order valence-electron chi connectivity index (χ3n) is 3.37. The second-order valence-corrected chi connectivity index (χ2v) is 5.06. The Kier molecular flexibility index (Phi) is 3.49. The van der Waals surface area contributed by atoms with E-state index in [2.05, 4.69) is 49.3 Å². The first-order valence-electron chi connectivity index (χ1n) is 6.17. The predicted molar refractivity (Wildman–Crippen MR) is 70.1 cm³/mol.